The van der Waals surface area contributed by atoms with E-state index in [1.165, 1.54) is 32.8 Å². The molecule has 0 radical (unpaired) electrons. The molecule has 0 N–H and O–H groups in total. The molecule has 12 nitrogen and oxygen atoms in total. The summed E-state index contributed by atoms with van der Waals surface area (Å²) in [7, 11) is 2.08. The van der Waals surface area contributed by atoms with Crippen molar-refractivity contribution in [3.63, 3.8) is 0 Å². The number of fused-ring (bicyclic) bond motifs is 9. The molecule has 0 bridgehead atoms. The van der Waals surface area contributed by atoms with Crippen molar-refractivity contribution in [2.75, 3.05) is 33.6 Å². The largest absolute Gasteiger partial charge is 0.435 e. The van der Waals surface area contributed by atoms with E-state index in [0.29, 0.717) is 29.0 Å². The zero-order valence-electron chi connectivity index (χ0n) is 49.8. The lowest BCUT2D eigenvalue weighted by Gasteiger charge is -2.34. The smallest absolute Gasteiger partial charge is 0.227 e. The second-order valence-electron chi connectivity index (χ2n) is 21.6. The molecule has 79 heavy (non-hydrogen) atoms. The van der Waals surface area contributed by atoms with Crippen LogP contribution in [0.3, 0.4) is 0 Å². The lowest BCUT2D eigenvalue weighted by atomic mass is 9.92. The van der Waals surface area contributed by atoms with E-state index in [1.807, 2.05) is 75.9 Å². The zero-order chi connectivity index (χ0) is 56.8. The molecule has 410 valence electrons. The Morgan fingerprint density at radius 1 is 0.405 bits per heavy atom. The third-order valence-corrected chi connectivity index (χ3v) is 15.7. The van der Waals surface area contributed by atoms with Gasteiger partial charge in [-0.05, 0) is 138 Å². The van der Waals surface area contributed by atoms with Gasteiger partial charge in [0.15, 0.2) is 16.7 Å². The van der Waals surface area contributed by atoms with Crippen LogP contribution in [-0.4, -0.2) is 57.3 Å². The first-order valence-electron chi connectivity index (χ1n) is 28.3. The molecule has 0 unspecified atom stereocenters. The number of aromatic nitrogens is 3. The second kappa shape index (κ2) is 21.5. The summed E-state index contributed by atoms with van der Waals surface area (Å²) in [6, 6.07) is 31.7. The molecule has 3 atom stereocenters. The van der Waals surface area contributed by atoms with Gasteiger partial charge in [0.1, 0.15) is 18.5 Å². The van der Waals surface area contributed by atoms with Crippen LogP contribution < -0.4 is 19.6 Å². The molecule has 3 aliphatic heterocycles. The van der Waals surface area contributed by atoms with Crippen molar-refractivity contribution in [3.8, 4) is 0 Å². The summed E-state index contributed by atoms with van der Waals surface area (Å²) in [5.74, 6) is 0.895. The molecule has 0 amide bonds. The van der Waals surface area contributed by atoms with Crippen LogP contribution in [0.1, 0.15) is 124 Å². The average molecular weight is 1060 g/mol. The molecule has 0 aliphatic carbocycles. The lowest BCUT2D eigenvalue weighted by molar-refractivity contribution is 0.383. The Morgan fingerprint density at radius 2 is 0.722 bits per heavy atom. The van der Waals surface area contributed by atoms with E-state index in [4.69, 9.17) is 17.4 Å². The van der Waals surface area contributed by atoms with Gasteiger partial charge in [-0.2, -0.15) is 0 Å². The Morgan fingerprint density at radius 3 is 1.05 bits per heavy atom. The minimum atomic E-state index is -2.18. The number of para-hydroxylation sites is 1. The van der Waals surface area contributed by atoms with E-state index in [-0.39, 0.29) is 33.4 Å². The first-order valence-corrected chi connectivity index (χ1v) is 26.8. The van der Waals surface area contributed by atoms with Gasteiger partial charge in [-0.15, -0.1) is 0 Å². The van der Waals surface area contributed by atoms with Gasteiger partial charge in [0.25, 0.3) is 0 Å². The van der Waals surface area contributed by atoms with Crippen molar-refractivity contribution < 1.29 is 17.4 Å². The SMILES string of the molecule is C.C.Cc1ccc2c(n1)oc1c(N3C=CN(C)[C@@H]3C)c(C)ccc12.Cc1ccc2c(n1)oc1c(N3C=CN(c4c(C(C)C)cccc4C(C)C)[C@@H]3C)c(C)ccc12.[2H]C([2H])([2H])N1C=CN(c2c(C)ccc3c2oc2nc(C)ccc23)[C@H]1C. The van der Waals surface area contributed by atoms with E-state index in [9.17, 15) is 0 Å². The predicted octanol–water partition coefficient (Wildman–Crippen LogP) is 17.6. The van der Waals surface area contributed by atoms with E-state index >= 15 is 0 Å². The highest BCUT2D eigenvalue weighted by Gasteiger charge is 2.32. The van der Waals surface area contributed by atoms with Crippen molar-refractivity contribution in [2.24, 2.45) is 0 Å². The van der Waals surface area contributed by atoms with E-state index in [2.05, 4.69) is 176 Å². The molecule has 0 fully saturated rings. The maximum atomic E-state index is 7.69. The highest BCUT2D eigenvalue weighted by molar-refractivity contribution is 6.11. The molecule has 0 spiro atoms. The molecule has 10 aromatic rings. The molecule has 4 aromatic carbocycles. The van der Waals surface area contributed by atoms with Crippen molar-refractivity contribution in [2.45, 2.75) is 135 Å². The third-order valence-electron chi connectivity index (χ3n) is 15.7. The quantitative estimate of drug-likeness (QED) is 0.159. The summed E-state index contributed by atoms with van der Waals surface area (Å²) in [4.78, 5) is 26.2. The summed E-state index contributed by atoms with van der Waals surface area (Å²) < 4.78 is 41.6. The predicted molar refractivity (Wildman–Crippen MR) is 332 cm³/mol. The number of anilines is 4. The number of hydrogen-bond donors (Lipinski definition) is 0. The Hall–Kier alpha value is -8.25. The fourth-order valence-electron chi connectivity index (χ4n) is 11.2. The summed E-state index contributed by atoms with van der Waals surface area (Å²) in [5, 5.41) is 6.32. The highest BCUT2D eigenvalue weighted by Crippen LogP contribution is 2.45. The van der Waals surface area contributed by atoms with Gasteiger partial charge in [-0.3, -0.25) is 0 Å². The van der Waals surface area contributed by atoms with Crippen LogP contribution in [0.4, 0.5) is 22.7 Å². The van der Waals surface area contributed by atoms with Crippen molar-refractivity contribution in [1.82, 2.24) is 24.8 Å². The van der Waals surface area contributed by atoms with Gasteiger partial charge in [0.2, 0.25) is 17.1 Å². The number of benzene rings is 4. The molecule has 0 saturated heterocycles. The van der Waals surface area contributed by atoms with Crippen molar-refractivity contribution in [3.05, 3.63) is 173 Å². The van der Waals surface area contributed by atoms with Gasteiger partial charge in [0, 0.05) is 110 Å². The number of nitrogens with zero attached hydrogens (tertiary/aromatic N) is 9. The number of rotatable bonds is 6. The van der Waals surface area contributed by atoms with Gasteiger partial charge in [-0.1, -0.05) is 97.1 Å². The summed E-state index contributed by atoms with van der Waals surface area (Å²) in [6.07, 6.45) is 12.1. The van der Waals surface area contributed by atoms with E-state index in [0.717, 1.165) is 88.8 Å². The molecule has 3 aliphatic rings. The molecular weight excluding hydrogens is 979 g/mol. The van der Waals surface area contributed by atoms with Crippen LogP contribution in [0.2, 0.25) is 0 Å². The van der Waals surface area contributed by atoms with Crippen LogP contribution in [0.5, 0.6) is 0 Å². The minimum absolute atomic E-state index is 0. The standard InChI is InChI=1S/C29H33N3O.2C18H19N3O.2CH4/c1-17(2)22-9-8-10-23(18(3)4)27(22)32-16-15-31(21(32)7)26-19(5)11-13-24-25-14-12-20(6)30-29(25)33-28(24)26;2*1-11-5-7-14-15-8-6-12(2)19-18(15)22-17(14)16(11)21-10-9-20(4)13(21)3;;/h8-18,21H,1-7H3;2*5-10,13H,1-4H3;2*1H4/t21-;2*13-;;/m100../s1/i;4D3;;;. The maximum absolute atomic E-state index is 7.69. The van der Waals surface area contributed by atoms with Crippen molar-refractivity contribution in [1.29, 1.82) is 0 Å². The Balaban J connectivity index is 0.000000150. The molecule has 13 rings (SSSR count). The van der Waals surface area contributed by atoms with E-state index in [1.54, 1.807) is 12.4 Å². The number of aryl methyl sites for hydroxylation is 6. The normalized spacial score (nSPS) is 17.6. The monoisotopic (exact) mass is 1060 g/mol. The first-order chi connectivity index (χ1) is 38.1. The third kappa shape index (κ3) is 9.59. The summed E-state index contributed by atoms with van der Waals surface area (Å²) >= 11 is 0. The lowest BCUT2D eigenvalue weighted by Crippen LogP contribution is -2.37. The Labute approximate surface area is 471 Å². The number of pyridine rings is 3. The van der Waals surface area contributed by atoms with E-state index < -0.39 is 6.98 Å². The van der Waals surface area contributed by atoms with Gasteiger partial charge < -0.3 is 42.7 Å². The summed E-state index contributed by atoms with van der Waals surface area (Å²) in [6.45, 7) is 25.4. The molecular formula is C67H79N9O3. The summed E-state index contributed by atoms with van der Waals surface area (Å²) in [5.41, 5.74) is 18.1. The van der Waals surface area contributed by atoms with Crippen LogP contribution in [0.15, 0.2) is 141 Å². The minimum Gasteiger partial charge on any atom is -0.435 e. The molecule has 0 saturated carbocycles. The Bertz CT molecular complexity index is 4100. The van der Waals surface area contributed by atoms with Crippen LogP contribution in [0, 0.1) is 41.5 Å². The van der Waals surface area contributed by atoms with Gasteiger partial charge >= 0.3 is 0 Å². The molecule has 12 heteroatoms. The maximum Gasteiger partial charge on any atom is 0.227 e. The highest BCUT2D eigenvalue weighted by atomic mass is 16.3. The molecule has 6 aromatic heterocycles. The Kier molecular flexibility index (Phi) is 14.0. The van der Waals surface area contributed by atoms with Gasteiger partial charge in [0.05, 0.1) is 17.1 Å². The number of hydrogen-bond acceptors (Lipinski definition) is 12. The average Bonchev–Trinajstić information content (AvgIpc) is 4.28. The number of furan rings is 3. The van der Waals surface area contributed by atoms with Gasteiger partial charge in [-0.25, -0.2) is 15.0 Å². The fourth-order valence-corrected chi connectivity index (χ4v) is 11.2. The van der Waals surface area contributed by atoms with Crippen LogP contribution in [-0.2, 0) is 0 Å². The fraction of sp³-hybridized carbons (Fsp3) is 0.328. The van der Waals surface area contributed by atoms with Crippen LogP contribution >= 0.6 is 0 Å². The second-order valence-corrected chi connectivity index (χ2v) is 21.6. The van der Waals surface area contributed by atoms with Crippen molar-refractivity contribution >= 4 is 89.0 Å². The topological polar surface area (TPSA) is 97.5 Å². The molecule has 9 heterocycles. The zero-order valence-corrected chi connectivity index (χ0v) is 46.8. The first kappa shape index (κ1) is 51.5. The van der Waals surface area contributed by atoms with Crippen LogP contribution in [0.25, 0.3) is 66.2 Å².